The minimum atomic E-state index is -0.747. The number of nitrogens with zero attached hydrogens (tertiary/aromatic N) is 1. The monoisotopic (exact) mass is 437 g/mol. The first-order chi connectivity index (χ1) is 15.1. The molecular weight excluding hydrogens is 394 g/mol. The van der Waals surface area contributed by atoms with Crippen molar-refractivity contribution in [1.29, 1.82) is 0 Å². The second kappa shape index (κ2) is 15.2. The van der Waals surface area contributed by atoms with E-state index in [1.54, 1.807) is 4.90 Å². The van der Waals surface area contributed by atoms with E-state index in [0.29, 0.717) is 26.2 Å². The zero-order valence-electron chi connectivity index (χ0n) is 19.5. The number of nitrogens with one attached hydrogen (secondary N) is 2. The van der Waals surface area contributed by atoms with Gasteiger partial charge < -0.3 is 20.3 Å². The van der Waals surface area contributed by atoms with Gasteiger partial charge >= 0.3 is 5.97 Å². The van der Waals surface area contributed by atoms with E-state index in [4.69, 9.17) is 4.74 Å². The molecule has 2 amide bonds. The molecule has 0 saturated carbocycles. The molecule has 178 valence electrons. The average molecular weight is 438 g/mol. The fourth-order valence-corrected chi connectivity index (χ4v) is 4.47. The van der Waals surface area contributed by atoms with Crippen molar-refractivity contribution < 1.29 is 19.1 Å². The average Bonchev–Trinajstić information content (AvgIpc) is 2.79. The van der Waals surface area contributed by atoms with Crippen molar-refractivity contribution in [2.24, 2.45) is 5.92 Å². The molecule has 0 aromatic rings. The third-order valence-corrected chi connectivity index (χ3v) is 6.38. The second-order valence-electron chi connectivity index (χ2n) is 8.99. The van der Waals surface area contributed by atoms with Crippen LogP contribution in [-0.4, -0.2) is 61.5 Å². The van der Waals surface area contributed by atoms with Crippen LogP contribution in [-0.2, 0) is 19.1 Å². The molecular formula is C24H43N3O4. The number of piperidine rings is 1. The third-order valence-electron chi connectivity index (χ3n) is 6.38. The van der Waals surface area contributed by atoms with Crippen molar-refractivity contribution in [3.63, 3.8) is 0 Å². The van der Waals surface area contributed by atoms with E-state index in [2.05, 4.69) is 17.6 Å². The van der Waals surface area contributed by atoms with Gasteiger partial charge in [-0.25, -0.2) is 0 Å². The summed E-state index contributed by atoms with van der Waals surface area (Å²) < 4.78 is 5.37. The van der Waals surface area contributed by atoms with Crippen molar-refractivity contribution in [1.82, 2.24) is 15.5 Å². The molecule has 2 aliphatic heterocycles. The van der Waals surface area contributed by atoms with Crippen molar-refractivity contribution in [3.05, 3.63) is 0 Å². The third kappa shape index (κ3) is 9.58. The molecule has 2 rings (SSSR count). The molecule has 7 nitrogen and oxygen atoms in total. The number of hydrogen-bond donors (Lipinski definition) is 2. The van der Waals surface area contributed by atoms with E-state index in [1.165, 1.54) is 51.4 Å². The first-order valence-electron chi connectivity index (χ1n) is 12.6. The fourth-order valence-electron chi connectivity index (χ4n) is 4.47. The zero-order valence-corrected chi connectivity index (χ0v) is 19.5. The highest BCUT2D eigenvalue weighted by Gasteiger charge is 2.38. The van der Waals surface area contributed by atoms with Crippen LogP contribution in [0.2, 0.25) is 0 Å². The molecule has 7 heteroatoms. The summed E-state index contributed by atoms with van der Waals surface area (Å²) in [7, 11) is 0. The Balaban J connectivity index is 1.61. The summed E-state index contributed by atoms with van der Waals surface area (Å²) in [5, 5.41) is 6.03. The first-order valence-corrected chi connectivity index (χ1v) is 12.6. The fraction of sp³-hybridized carbons (Fsp3) is 0.875. The van der Waals surface area contributed by atoms with Crippen molar-refractivity contribution in [3.8, 4) is 0 Å². The molecule has 0 radical (unpaired) electrons. The first kappa shape index (κ1) is 25.6. The number of ether oxygens (including phenoxy) is 1. The molecule has 2 aliphatic rings. The highest BCUT2D eigenvalue weighted by atomic mass is 16.5. The number of carbonyl (C=O) groups excluding carboxylic acids is 3. The number of unbranched alkanes of at least 4 members (excludes halogenated alkanes) is 9. The van der Waals surface area contributed by atoms with E-state index < -0.39 is 12.0 Å². The summed E-state index contributed by atoms with van der Waals surface area (Å²) in [5.41, 5.74) is 0. The van der Waals surface area contributed by atoms with Crippen LogP contribution in [0.25, 0.3) is 0 Å². The lowest BCUT2D eigenvalue weighted by atomic mass is 9.96. The summed E-state index contributed by atoms with van der Waals surface area (Å²) >= 11 is 0. The number of esters is 1. The maximum Gasteiger partial charge on any atom is 0.308 e. The molecule has 2 saturated heterocycles. The lowest BCUT2D eigenvalue weighted by molar-refractivity contribution is -0.153. The predicted molar refractivity (Wildman–Crippen MR) is 122 cm³/mol. The number of rotatable bonds is 14. The molecule has 0 aromatic carbocycles. The van der Waals surface area contributed by atoms with E-state index in [9.17, 15) is 14.4 Å². The zero-order chi connectivity index (χ0) is 22.3. The molecule has 0 aromatic heterocycles. The largest absolute Gasteiger partial charge is 0.466 e. The summed E-state index contributed by atoms with van der Waals surface area (Å²) in [5.74, 6) is -0.767. The summed E-state index contributed by atoms with van der Waals surface area (Å²) in [4.78, 5) is 39.2. The predicted octanol–water partition coefficient (Wildman–Crippen LogP) is 3.17. The van der Waals surface area contributed by atoms with Crippen LogP contribution in [0.3, 0.4) is 0 Å². The Morgan fingerprint density at radius 2 is 1.68 bits per heavy atom. The van der Waals surface area contributed by atoms with Crippen LogP contribution < -0.4 is 10.6 Å². The maximum absolute atomic E-state index is 12.9. The molecule has 2 heterocycles. The Morgan fingerprint density at radius 3 is 2.32 bits per heavy atom. The van der Waals surface area contributed by atoms with Gasteiger partial charge in [-0.05, 0) is 25.8 Å². The van der Waals surface area contributed by atoms with Gasteiger partial charge in [0.2, 0.25) is 11.8 Å². The SMILES string of the molecule is CCCCCCCCCCCCOC(=O)CC1C(=O)NCCN1C(=O)C1CCCNC1. The number of hydrogen-bond acceptors (Lipinski definition) is 5. The van der Waals surface area contributed by atoms with Gasteiger partial charge in [0.05, 0.1) is 18.9 Å². The van der Waals surface area contributed by atoms with Gasteiger partial charge in [-0.15, -0.1) is 0 Å². The second-order valence-corrected chi connectivity index (χ2v) is 8.99. The van der Waals surface area contributed by atoms with Gasteiger partial charge in [-0.3, -0.25) is 14.4 Å². The van der Waals surface area contributed by atoms with Crippen LogP contribution in [0.15, 0.2) is 0 Å². The standard InChI is InChI=1S/C24H43N3O4/c1-2-3-4-5-6-7-8-9-10-11-17-31-22(28)18-21-23(29)26-15-16-27(21)24(30)20-13-12-14-25-19-20/h20-21,25H,2-19H2,1H3,(H,26,29). The van der Waals surface area contributed by atoms with E-state index >= 15 is 0 Å². The Labute approximate surface area is 188 Å². The normalized spacial score (nSPS) is 21.6. The van der Waals surface area contributed by atoms with E-state index in [-0.39, 0.29) is 24.2 Å². The molecule has 2 N–H and O–H groups in total. The molecule has 2 fully saturated rings. The summed E-state index contributed by atoms with van der Waals surface area (Å²) in [6.07, 6.45) is 14.0. The number of amides is 2. The number of piperazine rings is 1. The van der Waals surface area contributed by atoms with E-state index in [1.807, 2.05) is 0 Å². The molecule has 0 bridgehead atoms. The van der Waals surface area contributed by atoms with Crippen LogP contribution >= 0.6 is 0 Å². The Morgan fingerprint density at radius 1 is 1.00 bits per heavy atom. The molecule has 2 unspecified atom stereocenters. The van der Waals surface area contributed by atoms with Gasteiger partial charge in [0, 0.05) is 19.6 Å². The Hall–Kier alpha value is -1.63. The smallest absolute Gasteiger partial charge is 0.308 e. The number of carbonyl (C=O) groups is 3. The summed E-state index contributed by atoms with van der Waals surface area (Å²) in [6.45, 7) is 5.10. The Kier molecular flexibility index (Phi) is 12.6. The van der Waals surface area contributed by atoms with Crippen molar-refractivity contribution >= 4 is 17.8 Å². The van der Waals surface area contributed by atoms with Crippen molar-refractivity contribution in [2.45, 2.75) is 96.4 Å². The molecule has 31 heavy (non-hydrogen) atoms. The minimum Gasteiger partial charge on any atom is -0.466 e. The molecule has 0 aliphatic carbocycles. The van der Waals surface area contributed by atoms with Gasteiger partial charge in [0.15, 0.2) is 0 Å². The maximum atomic E-state index is 12.9. The minimum absolute atomic E-state index is 0.0189. The lowest BCUT2D eigenvalue weighted by Gasteiger charge is -2.37. The summed E-state index contributed by atoms with van der Waals surface area (Å²) in [6, 6.07) is -0.747. The van der Waals surface area contributed by atoms with Crippen LogP contribution in [0.1, 0.15) is 90.4 Å². The van der Waals surface area contributed by atoms with Crippen LogP contribution in [0, 0.1) is 5.92 Å². The van der Waals surface area contributed by atoms with Gasteiger partial charge in [-0.1, -0.05) is 64.7 Å². The molecule has 2 atom stereocenters. The Bertz CT molecular complexity index is 549. The van der Waals surface area contributed by atoms with Crippen molar-refractivity contribution in [2.75, 3.05) is 32.8 Å². The van der Waals surface area contributed by atoms with Crippen LogP contribution in [0.4, 0.5) is 0 Å². The lowest BCUT2D eigenvalue weighted by Crippen LogP contribution is -2.59. The quantitative estimate of drug-likeness (QED) is 0.322. The van der Waals surface area contributed by atoms with Crippen LogP contribution in [0.5, 0.6) is 0 Å². The highest BCUT2D eigenvalue weighted by molar-refractivity contribution is 5.92. The topological polar surface area (TPSA) is 87.7 Å². The van der Waals surface area contributed by atoms with Gasteiger partial charge in [-0.2, -0.15) is 0 Å². The van der Waals surface area contributed by atoms with Gasteiger partial charge in [0.25, 0.3) is 0 Å². The van der Waals surface area contributed by atoms with E-state index in [0.717, 1.165) is 32.2 Å². The highest BCUT2D eigenvalue weighted by Crippen LogP contribution is 2.19. The molecule has 0 spiro atoms. The van der Waals surface area contributed by atoms with Gasteiger partial charge in [0.1, 0.15) is 6.04 Å².